The lowest BCUT2D eigenvalue weighted by Gasteiger charge is -2.11. The summed E-state index contributed by atoms with van der Waals surface area (Å²) in [6.45, 7) is 3.89. The van der Waals surface area contributed by atoms with E-state index in [2.05, 4.69) is 10.3 Å². The number of carbonyl (C=O) groups is 1. The molecule has 0 aliphatic rings. The molecule has 0 bridgehead atoms. The third kappa shape index (κ3) is 3.16. The second kappa shape index (κ2) is 6.30. The Hall–Kier alpha value is -2.50. The quantitative estimate of drug-likeness (QED) is 0.916. The molecule has 0 atom stereocenters. The summed E-state index contributed by atoms with van der Waals surface area (Å²) >= 11 is 0. The van der Waals surface area contributed by atoms with Gasteiger partial charge in [0.05, 0.1) is 25.6 Å². The number of hydrogen-bond acceptors (Lipinski definition) is 5. The summed E-state index contributed by atoms with van der Waals surface area (Å²) in [7, 11) is 3.09. The molecule has 6 heteroatoms. The second-order valence-corrected chi connectivity index (χ2v) is 4.74. The van der Waals surface area contributed by atoms with E-state index in [0.29, 0.717) is 22.9 Å². The minimum atomic E-state index is -0.361. The Morgan fingerprint density at radius 3 is 2.67 bits per heavy atom. The fourth-order valence-electron chi connectivity index (χ4n) is 1.92. The summed E-state index contributed by atoms with van der Waals surface area (Å²) in [4.78, 5) is 16.4. The van der Waals surface area contributed by atoms with Gasteiger partial charge in [-0.05, 0) is 18.1 Å². The zero-order chi connectivity index (χ0) is 15.4. The van der Waals surface area contributed by atoms with Crippen LogP contribution in [-0.2, 0) is 0 Å². The van der Waals surface area contributed by atoms with E-state index in [0.717, 1.165) is 0 Å². The first-order valence-corrected chi connectivity index (χ1v) is 6.53. The molecule has 2 aromatic rings. The van der Waals surface area contributed by atoms with Gasteiger partial charge in [0.15, 0.2) is 6.39 Å². The number of hydrogen-bond donors (Lipinski definition) is 1. The highest BCUT2D eigenvalue weighted by atomic mass is 16.5. The first-order valence-electron chi connectivity index (χ1n) is 6.53. The summed E-state index contributed by atoms with van der Waals surface area (Å²) in [5, 5.41) is 2.76. The van der Waals surface area contributed by atoms with Gasteiger partial charge in [0.2, 0.25) is 5.76 Å². The van der Waals surface area contributed by atoms with E-state index in [1.165, 1.54) is 13.5 Å². The number of anilines is 1. The van der Waals surface area contributed by atoms with Crippen molar-refractivity contribution in [1.29, 1.82) is 0 Å². The largest absolute Gasteiger partial charge is 0.497 e. The average molecular weight is 290 g/mol. The second-order valence-electron chi connectivity index (χ2n) is 4.74. The maximum Gasteiger partial charge on any atom is 0.293 e. The molecule has 1 aromatic heterocycles. The van der Waals surface area contributed by atoms with Gasteiger partial charge in [-0.15, -0.1) is 0 Å². The number of methoxy groups -OCH3 is 2. The van der Waals surface area contributed by atoms with Gasteiger partial charge in [0.25, 0.3) is 5.91 Å². The Labute approximate surface area is 123 Å². The molecule has 2 rings (SSSR count). The monoisotopic (exact) mass is 290 g/mol. The van der Waals surface area contributed by atoms with E-state index >= 15 is 0 Å². The van der Waals surface area contributed by atoms with Crippen LogP contribution in [0.1, 0.15) is 36.0 Å². The molecular formula is C15H18N2O4. The Morgan fingerprint density at radius 2 is 2.05 bits per heavy atom. The van der Waals surface area contributed by atoms with Crippen LogP contribution < -0.4 is 14.8 Å². The smallest absolute Gasteiger partial charge is 0.293 e. The Morgan fingerprint density at radius 1 is 1.29 bits per heavy atom. The average Bonchev–Trinajstić information content (AvgIpc) is 2.97. The lowest BCUT2D eigenvalue weighted by molar-refractivity contribution is 0.0994. The van der Waals surface area contributed by atoms with Crippen LogP contribution in [0.2, 0.25) is 0 Å². The number of carbonyl (C=O) groups excluding carboxylic acids is 1. The van der Waals surface area contributed by atoms with Crippen LogP contribution in [0.25, 0.3) is 0 Å². The number of oxazole rings is 1. The number of nitrogens with one attached hydrogen (secondary N) is 1. The van der Waals surface area contributed by atoms with Crippen molar-refractivity contribution in [3.63, 3.8) is 0 Å². The Balaban J connectivity index is 2.25. The molecule has 0 unspecified atom stereocenters. The van der Waals surface area contributed by atoms with Gasteiger partial charge >= 0.3 is 0 Å². The molecule has 0 saturated heterocycles. The highest BCUT2D eigenvalue weighted by molar-refractivity contribution is 6.03. The van der Waals surface area contributed by atoms with Crippen LogP contribution in [-0.4, -0.2) is 25.1 Å². The Kier molecular flexibility index (Phi) is 4.47. The van der Waals surface area contributed by atoms with Gasteiger partial charge < -0.3 is 19.2 Å². The van der Waals surface area contributed by atoms with E-state index in [4.69, 9.17) is 13.9 Å². The van der Waals surface area contributed by atoms with E-state index in [9.17, 15) is 4.79 Å². The van der Waals surface area contributed by atoms with Crippen LogP contribution in [0, 0.1) is 0 Å². The predicted molar refractivity (Wildman–Crippen MR) is 78.1 cm³/mol. The molecule has 0 saturated carbocycles. The van der Waals surface area contributed by atoms with Gasteiger partial charge in [-0.25, -0.2) is 4.98 Å². The summed E-state index contributed by atoms with van der Waals surface area (Å²) < 4.78 is 15.6. The summed E-state index contributed by atoms with van der Waals surface area (Å²) in [6.07, 6.45) is 1.27. The van der Waals surface area contributed by atoms with Crippen molar-refractivity contribution >= 4 is 11.6 Å². The zero-order valence-corrected chi connectivity index (χ0v) is 12.5. The number of nitrogens with zero attached hydrogens (tertiary/aromatic N) is 1. The zero-order valence-electron chi connectivity index (χ0n) is 12.5. The maximum atomic E-state index is 12.3. The summed E-state index contributed by atoms with van der Waals surface area (Å²) in [5.74, 6) is 1.10. The number of amides is 1. The highest BCUT2D eigenvalue weighted by Gasteiger charge is 2.20. The molecule has 1 amide bonds. The van der Waals surface area contributed by atoms with Gasteiger partial charge in [-0.3, -0.25) is 4.79 Å². The number of rotatable bonds is 5. The SMILES string of the molecule is COc1ccc(NC(=O)c2ocnc2C(C)C)c(OC)c1. The minimum absolute atomic E-state index is 0.0993. The highest BCUT2D eigenvalue weighted by Crippen LogP contribution is 2.30. The van der Waals surface area contributed by atoms with E-state index < -0.39 is 0 Å². The minimum Gasteiger partial charge on any atom is -0.497 e. The van der Waals surface area contributed by atoms with Crippen molar-refractivity contribution in [1.82, 2.24) is 4.98 Å². The van der Waals surface area contributed by atoms with Crippen molar-refractivity contribution in [3.8, 4) is 11.5 Å². The maximum absolute atomic E-state index is 12.3. The van der Waals surface area contributed by atoms with E-state index in [1.807, 2.05) is 13.8 Å². The molecule has 21 heavy (non-hydrogen) atoms. The molecule has 1 aromatic carbocycles. The van der Waals surface area contributed by atoms with E-state index in [1.54, 1.807) is 25.3 Å². The fourth-order valence-corrected chi connectivity index (χ4v) is 1.92. The molecule has 0 aliphatic heterocycles. The molecule has 6 nitrogen and oxygen atoms in total. The first-order chi connectivity index (χ1) is 10.1. The molecule has 0 fully saturated rings. The van der Waals surface area contributed by atoms with Crippen molar-refractivity contribution in [2.24, 2.45) is 0 Å². The fraction of sp³-hybridized carbons (Fsp3) is 0.333. The lowest BCUT2D eigenvalue weighted by atomic mass is 10.1. The van der Waals surface area contributed by atoms with Gasteiger partial charge in [0.1, 0.15) is 11.5 Å². The topological polar surface area (TPSA) is 73.6 Å². The molecule has 0 spiro atoms. The molecule has 1 heterocycles. The Bertz CT molecular complexity index is 634. The molecule has 1 N–H and O–H groups in total. The van der Waals surface area contributed by atoms with Crippen molar-refractivity contribution < 1.29 is 18.7 Å². The molecular weight excluding hydrogens is 272 g/mol. The number of benzene rings is 1. The van der Waals surface area contributed by atoms with E-state index in [-0.39, 0.29) is 17.6 Å². The van der Waals surface area contributed by atoms with Crippen molar-refractivity contribution in [3.05, 3.63) is 36.0 Å². The van der Waals surface area contributed by atoms with Crippen molar-refractivity contribution in [2.75, 3.05) is 19.5 Å². The summed E-state index contributed by atoms with van der Waals surface area (Å²) in [6, 6.07) is 5.14. The molecule has 0 radical (unpaired) electrons. The van der Waals surface area contributed by atoms with Gasteiger partial charge in [0, 0.05) is 6.07 Å². The third-order valence-corrected chi connectivity index (χ3v) is 3.00. The van der Waals surface area contributed by atoms with Crippen molar-refractivity contribution in [2.45, 2.75) is 19.8 Å². The molecule has 112 valence electrons. The lowest BCUT2D eigenvalue weighted by Crippen LogP contribution is -2.14. The summed E-state index contributed by atoms with van der Waals surface area (Å²) in [5.41, 5.74) is 1.16. The third-order valence-electron chi connectivity index (χ3n) is 3.00. The normalized spacial score (nSPS) is 10.5. The standard InChI is InChI=1S/C15H18N2O4/c1-9(2)13-14(21-8-16-13)15(18)17-11-6-5-10(19-3)7-12(11)20-4/h5-9H,1-4H3,(H,17,18). The van der Waals surface area contributed by atoms with Gasteiger partial charge in [-0.1, -0.05) is 13.8 Å². The molecule has 0 aliphatic carbocycles. The predicted octanol–water partition coefficient (Wildman–Crippen LogP) is 3.07. The van der Waals surface area contributed by atoms with Crippen LogP contribution in [0.3, 0.4) is 0 Å². The number of aromatic nitrogens is 1. The van der Waals surface area contributed by atoms with Crippen LogP contribution in [0.15, 0.2) is 29.0 Å². The van der Waals surface area contributed by atoms with Crippen LogP contribution in [0.4, 0.5) is 5.69 Å². The van der Waals surface area contributed by atoms with Crippen LogP contribution >= 0.6 is 0 Å². The van der Waals surface area contributed by atoms with Gasteiger partial charge in [-0.2, -0.15) is 0 Å². The van der Waals surface area contributed by atoms with Crippen LogP contribution in [0.5, 0.6) is 11.5 Å². The number of ether oxygens (including phenoxy) is 2. The first kappa shape index (κ1) is 14.9.